The van der Waals surface area contributed by atoms with Crippen LogP contribution in [-0.2, 0) is 22.5 Å². The second-order valence-electron chi connectivity index (χ2n) is 6.39. The molecular formula is C20H22Cl2N2O2. The molecule has 0 bridgehead atoms. The van der Waals surface area contributed by atoms with Gasteiger partial charge in [-0.25, -0.2) is 0 Å². The summed E-state index contributed by atoms with van der Waals surface area (Å²) < 4.78 is 5.79. The smallest absolute Gasteiger partial charge is 0.224 e. The fraction of sp³-hybridized carbons (Fsp3) is 0.350. The highest BCUT2D eigenvalue weighted by atomic mass is 35.5. The number of carbonyl (C=O) groups excluding carboxylic acids is 1. The van der Waals surface area contributed by atoms with Crippen molar-refractivity contribution >= 4 is 29.1 Å². The molecule has 2 aromatic carbocycles. The van der Waals surface area contributed by atoms with Crippen LogP contribution < -0.4 is 5.32 Å². The van der Waals surface area contributed by atoms with Crippen molar-refractivity contribution in [2.75, 3.05) is 26.2 Å². The zero-order valence-electron chi connectivity index (χ0n) is 14.5. The van der Waals surface area contributed by atoms with Gasteiger partial charge in [0.2, 0.25) is 5.91 Å². The van der Waals surface area contributed by atoms with Crippen molar-refractivity contribution in [1.82, 2.24) is 10.2 Å². The van der Waals surface area contributed by atoms with E-state index in [2.05, 4.69) is 22.3 Å². The molecule has 0 aromatic heterocycles. The molecule has 0 radical (unpaired) electrons. The van der Waals surface area contributed by atoms with Gasteiger partial charge in [-0.1, -0.05) is 59.6 Å². The van der Waals surface area contributed by atoms with Gasteiger partial charge in [0.05, 0.1) is 19.1 Å². The highest BCUT2D eigenvalue weighted by molar-refractivity contribution is 6.36. The topological polar surface area (TPSA) is 41.6 Å². The normalized spacial score (nSPS) is 17.8. The molecule has 1 fully saturated rings. The number of hydrogen-bond acceptors (Lipinski definition) is 3. The van der Waals surface area contributed by atoms with Crippen LogP contribution in [0.3, 0.4) is 0 Å². The number of nitrogens with zero attached hydrogens (tertiary/aromatic N) is 1. The summed E-state index contributed by atoms with van der Waals surface area (Å²) >= 11 is 12.2. The molecule has 26 heavy (non-hydrogen) atoms. The van der Waals surface area contributed by atoms with Crippen molar-refractivity contribution in [3.63, 3.8) is 0 Å². The van der Waals surface area contributed by atoms with E-state index in [0.717, 1.165) is 19.6 Å². The van der Waals surface area contributed by atoms with E-state index in [-0.39, 0.29) is 18.4 Å². The maximum atomic E-state index is 12.2. The van der Waals surface area contributed by atoms with Crippen LogP contribution >= 0.6 is 23.2 Å². The molecule has 1 atom stereocenters. The van der Waals surface area contributed by atoms with Gasteiger partial charge in [0, 0.05) is 36.2 Å². The van der Waals surface area contributed by atoms with Gasteiger partial charge in [0.1, 0.15) is 0 Å². The molecule has 138 valence electrons. The molecular weight excluding hydrogens is 371 g/mol. The fourth-order valence-electron chi connectivity index (χ4n) is 3.04. The fourth-order valence-corrected chi connectivity index (χ4v) is 3.57. The Bertz CT molecular complexity index is 720. The predicted molar refractivity (Wildman–Crippen MR) is 105 cm³/mol. The number of ether oxygens (including phenoxy) is 1. The molecule has 0 saturated carbocycles. The minimum absolute atomic E-state index is 0.0156. The molecule has 1 heterocycles. The number of carbonyl (C=O) groups is 1. The quantitative estimate of drug-likeness (QED) is 0.816. The molecule has 6 heteroatoms. The predicted octanol–water partition coefficient (Wildman–Crippen LogP) is 3.55. The largest absolute Gasteiger partial charge is 0.374 e. The van der Waals surface area contributed by atoms with Gasteiger partial charge in [-0.2, -0.15) is 0 Å². The lowest BCUT2D eigenvalue weighted by atomic mass is 10.1. The van der Waals surface area contributed by atoms with Crippen molar-refractivity contribution in [3.8, 4) is 0 Å². The molecule has 1 aliphatic heterocycles. The van der Waals surface area contributed by atoms with Crippen molar-refractivity contribution < 1.29 is 9.53 Å². The maximum absolute atomic E-state index is 12.2. The molecule has 1 aliphatic rings. The van der Waals surface area contributed by atoms with Gasteiger partial charge in [0.25, 0.3) is 0 Å². The van der Waals surface area contributed by atoms with Crippen LogP contribution in [0.15, 0.2) is 48.5 Å². The number of amides is 1. The van der Waals surface area contributed by atoms with E-state index in [1.165, 1.54) is 5.56 Å². The van der Waals surface area contributed by atoms with Gasteiger partial charge in [-0.05, 0) is 23.3 Å². The minimum Gasteiger partial charge on any atom is -0.374 e. The van der Waals surface area contributed by atoms with Crippen LogP contribution in [0.4, 0.5) is 0 Å². The molecule has 4 nitrogen and oxygen atoms in total. The van der Waals surface area contributed by atoms with E-state index >= 15 is 0 Å². The van der Waals surface area contributed by atoms with Gasteiger partial charge in [-0.3, -0.25) is 9.69 Å². The van der Waals surface area contributed by atoms with Gasteiger partial charge in [0.15, 0.2) is 0 Å². The van der Waals surface area contributed by atoms with Crippen molar-refractivity contribution in [2.24, 2.45) is 0 Å². The second kappa shape index (κ2) is 9.38. The Balaban J connectivity index is 1.47. The summed E-state index contributed by atoms with van der Waals surface area (Å²) in [5.41, 5.74) is 1.94. The summed E-state index contributed by atoms with van der Waals surface area (Å²) in [4.78, 5) is 14.6. The summed E-state index contributed by atoms with van der Waals surface area (Å²) in [6.07, 6.45) is 0.150. The Kier molecular flexibility index (Phi) is 6.92. The maximum Gasteiger partial charge on any atom is 0.224 e. The van der Waals surface area contributed by atoms with E-state index in [0.29, 0.717) is 28.8 Å². The monoisotopic (exact) mass is 392 g/mol. The first kappa shape index (κ1) is 19.2. The third-order valence-electron chi connectivity index (χ3n) is 4.40. The second-order valence-corrected chi connectivity index (χ2v) is 7.21. The van der Waals surface area contributed by atoms with Gasteiger partial charge >= 0.3 is 0 Å². The molecule has 0 spiro atoms. The standard InChI is InChI=1S/C20H22Cl2N2O2/c21-18-7-4-8-19(22)17(18)11-20(25)23-12-16-14-24(9-10-26-16)13-15-5-2-1-3-6-15/h1-8,16H,9-14H2,(H,23,25)/t16-/m0/s1. The third kappa shape index (κ3) is 5.45. The first-order valence-electron chi connectivity index (χ1n) is 8.69. The lowest BCUT2D eigenvalue weighted by Crippen LogP contribution is -2.47. The van der Waals surface area contributed by atoms with Crippen molar-refractivity contribution in [3.05, 3.63) is 69.7 Å². The van der Waals surface area contributed by atoms with Crippen LogP contribution in [0.25, 0.3) is 0 Å². The lowest BCUT2D eigenvalue weighted by molar-refractivity contribution is -0.121. The van der Waals surface area contributed by atoms with Gasteiger partial charge in [-0.15, -0.1) is 0 Å². The van der Waals surface area contributed by atoms with E-state index in [9.17, 15) is 4.79 Å². The molecule has 1 amide bonds. The number of morpholine rings is 1. The van der Waals surface area contributed by atoms with Crippen LogP contribution in [0.2, 0.25) is 10.0 Å². The van der Waals surface area contributed by atoms with Crippen molar-refractivity contribution in [1.29, 1.82) is 0 Å². The first-order chi connectivity index (χ1) is 12.6. The summed E-state index contributed by atoms with van der Waals surface area (Å²) in [5, 5.41) is 3.95. The lowest BCUT2D eigenvalue weighted by Gasteiger charge is -2.33. The first-order valence-corrected chi connectivity index (χ1v) is 9.45. The number of hydrogen-bond donors (Lipinski definition) is 1. The number of nitrogens with one attached hydrogen (secondary N) is 1. The summed E-state index contributed by atoms with van der Waals surface area (Å²) in [7, 11) is 0. The van der Waals surface area contributed by atoms with E-state index in [1.54, 1.807) is 18.2 Å². The molecule has 0 aliphatic carbocycles. The van der Waals surface area contributed by atoms with Crippen molar-refractivity contribution in [2.45, 2.75) is 19.1 Å². The summed E-state index contributed by atoms with van der Waals surface area (Å²) in [6, 6.07) is 15.6. The number of rotatable bonds is 6. The van der Waals surface area contributed by atoms with Crippen LogP contribution in [0, 0.1) is 0 Å². The SMILES string of the molecule is O=C(Cc1c(Cl)cccc1Cl)NC[C@H]1CN(Cc2ccccc2)CCO1. The number of halogens is 2. The Morgan fingerprint density at radius 2 is 1.85 bits per heavy atom. The van der Waals surface area contributed by atoms with E-state index in [4.69, 9.17) is 27.9 Å². The summed E-state index contributed by atoms with van der Waals surface area (Å²) in [5.74, 6) is -0.108. The third-order valence-corrected chi connectivity index (χ3v) is 5.11. The van der Waals surface area contributed by atoms with Crippen LogP contribution in [-0.4, -0.2) is 43.2 Å². The highest BCUT2D eigenvalue weighted by Crippen LogP contribution is 2.24. The van der Waals surface area contributed by atoms with Gasteiger partial charge < -0.3 is 10.1 Å². The Morgan fingerprint density at radius 3 is 2.58 bits per heavy atom. The average Bonchev–Trinajstić information content (AvgIpc) is 2.64. The van der Waals surface area contributed by atoms with E-state index in [1.807, 2.05) is 18.2 Å². The van der Waals surface area contributed by atoms with E-state index < -0.39 is 0 Å². The average molecular weight is 393 g/mol. The highest BCUT2D eigenvalue weighted by Gasteiger charge is 2.21. The Morgan fingerprint density at radius 1 is 1.12 bits per heavy atom. The zero-order valence-corrected chi connectivity index (χ0v) is 16.0. The summed E-state index contributed by atoms with van der Waals surface area (Å²) in [6.45, 7) is 3.73. The molecule has 1 saturated heterocycles. The van der Waals surface area contributed by atoms with Crippen LogP contribution in [0.5, 0.6) is 0 Å². The molecule has 0 unspecified atom stereocenters. The zero-order chi connectivity index (χ0) is 18.4. The van der Waals surface area contributed by atoms with Crippen LogP contribution in [0.1, 0.15) is 11.1 Å². The molecule has 2 aromatic rings. The molecule has 3 rings (SSSR count). The number of benzene rings is 2. The Labute approximate surface area is 164 Å². The Hall–Kier alpha value is -1.59. The molecule has 1 N–H and O–H groups in total. The minimum atomic E-state index is -0.108.